The molecule has 2 N–H and O–H groups in total. The van der Waals surface area contributed by atoms with E-state index in [0.29, 0.717) is 0 Å². The molecule has 0 aromatic carbocycles. The van der Waals surface area contributed by atoms with E-state index in [1.165, 1.54) is 0 Å². The highest BCUT2D eigenvalue weighted by Gasteiger charge is 2.18. The summed E-state index contributed by atoms with van der Waals surface area (Å²) in [7, 11) is 0. The number of carbonyl (C=O) groups excluding carboxylic acids is 2. The Labute approximate surface area is 81.8 Å². The van der Waals surface area contributed by atoms with Crippen molar-refractivity contribution in [3.05, 3.63) is 12.2 Å². The number of rotatable bonds is 2. The third kappa shape index (κ3) is 2.90. The summed E-state index contributed by atoms with van der Waals surface area (Å²) in [5.41, 5.74) is 0. The summed E-state index contributed by atoms with van der Waals surface area (Å²) in [5.74, 6) is -1.42. The van der Waals surface area contributed by atoms with Crippen LogP contribution in [0.25, 0.3) is 0 Å². The van der Waals surface area contributed by atoms with Gasteiger partial charge in [0.2, 0.25) is 0 Å². The molecule has 74 valence electrons. The Bertz CT molecular complexity index is 296. The van der Waals surface area contributed by atoms with Gasteiger partial charge in [0.25, 0.3) is 0 Å². The lowest BCUT2D eigenvalue weighted by Gasteiger charge is -2.10. The summed E-state index contributed by atoms with van der Waals surface area (Å²) in [6.07, 6.45) is 5.44. The summed E-state index contributed by atoms with van der Waals surface area (Å²) >= 11 is 0. The molecule has 0 fully saturated rings. The lowest BCUT2D eigenvalue weighted by Crippen LogP contribution is -2.43. The molecule has 0 bridgehead atoms. The van der Waals surface area contributed by atoms with E-state index >= 15 is 0 Å². The van der Waals surface area contributed by atoms with Crippen LogP contribution in [0.1, 0.15) is 12.8 Å². The molecule has 2 amide bonds. The van der Waals surface area contributed by atoms with E-state index in [2.05, 4.69) is 10.6 Å². The Kier molecular flexibility index (Phi) is 3.68. The molecule has 5 heteroatoms. The molecule has 1 aliphatic carbocycles. The molecule has 0 aliphatic heterocycles. The predicted octanol–water partition coefficient (Wildman–Crippen LogP) is -0.539. The van der Waals surface area contributed by atoms with Crippen molar-refractivity contribution in [3.63, 3.8) is 0 Å². The zero-order valence-electron chi connectivity index (χ0n) is 7.62. The van der Waals surface area contributed by atoms with Gasteiger partial charge in [0.15, 0.2) is 0 Å². The van der Waals surface area contributed by atoms with Gasteiger partial charge in [0.05, 0.1) is 6.07 Å². The van der Waals surface area contributed by atoms with Crippen LogP contribution in [0, 0.1) is 11.3 Å². The van der Waals surface area contributed by atoms with E-state index in [4.69, 9.17) is 5.26 Å². The van der Waals surface area contributed by atoms with E-state index in [1.807, 2.05) is 12.2 Å². The number of hydrogen-bond donors (Lipinski definition) is 2. The molecule has 14 heavy (non-hydrogen) atoms. The molecule has 0 spiro atoms. The SMILES string of the molecule is N#CCNC(=O)C(=O)NC1CC=CC1. The van der Waals surface area contributed by atoms with Crippen molar-refractivity contribution in [3.8, 4) is 6.07 Å². The Morgan fingerprint density at radius 3 is 2.57 bits per heavy atom. The largest absolute Gasteiger partial charge is 0.344 e. The Morgan fingerprint density at radius 1 is 1.36 bits per heavy atom. The van der Waals surface area contributed by atoms with Gasteiger partial charge in [0.1, 0.15) is 6.54 Å². The zero-order chi connectivity index (χ0) is 10.4. The number of nitrogens with one attached hydrogen (secondary N) is 2. The third-order valence-electron chi connectivity index (χ3n) is 1.88. The lowest BCUT2D eigenvalue weighted by molar-refractivity contribution is -0.139. The van der Waals surface area contributed by atoms with Crippen LogP contribution in [0.5, 0.6) is 0 Å². The monoisotopic (exact) mass is 193 g/mol. The molecule has 0 heterocycles. The summed E-state index contributed by atoms with van der Waals surface area (Å²) < 4.78 is 0. The Morgan fingerprint density at radius 2 is 2.00 bits per heavy atom. The van der Waals surface area contributed by atoms with Crippen molar-refractivity contribution < 1.29 is 9.59 Å². The Balaban J connectivity index is 2.27. The normalized spacial score (nSPS) is 14.8. The quantitative estimate of drug-likeness (QED) is 0.351. The number of nitrogens with zero attached hydrogens (tertiary/aromatic N) is 1. The van der Waals surface area contributed by atoms with Gasteiger partial charge in [0, 0.05) is 6.04 Å². The van der Waals surface area contributed by atoms with Gasteiger partial charge < -0.3 is 10.6 Å². The second kappa shape index (κ2) is 5.02. The molecular formula is C9H11N3O2. The molecular weight excluding hydrogens is 182 g/mol. The van der Waals surface area contributed by atoms with Crippen molar-refractivity contribution in [1.29, 1.82) is 5.26 Å². The fourth-order valence-electron chi connectivity index (χ4n) is 1.19. The third-order valence-corrected chi connectivity index (χ3v) is 1.88. The van der Waals surface area contributed by atoms with Crippen LogP contribution in [-0.2, 0) is 9.59 Å². The highest BCUT2D eigenvalue weighted by Crippen LogP contribution is 2.08. The zero-order valence-corrected chi connectivity index (χ0v) is 7.62. The molecule has 1 rings (SSSR count). The fourth-order valence-corrected chi connectivity index (χ4v) is 1.19. The lowest BCUT2D eigenvalue weighted by atomic mass is 10.2. The average Bonchev–Trinajstić information content (AvgIpc) is 2.66. The van der Waals surface area contributed by atoms with Crippen LogP contribution < -0.4 is 10.6 Å². The topological polar surface area (TPSA) is 82.0 Å². The first kappa shape index (κ1) is 10.3. The highest BCUT2D eigenvalue weighted by molar-refractivity contribution is 6.35. The van der Waals surface area contributed by atoms with Crippen LogP contribution in [0.4, 0.5) is 0 Å². The molecule has 5 nitrogen and oxygen atoms in total. The maximum absolute atomic E-state index is 11.1. The van der Waals surface area contributed by atoms with Crippen molar-refractivity contribution >= 4 is 11.8 Å². The van der Waals surface area contributed by atoms with Crippen molar-refractivity contribution in [2.75, 3.05) is 6.54 Å². The van der Waals surface area contributed by atoms with Crippen LogP contribution in [0.15, 0.2) is 12.2 Å². The maximum Gasteiger partial charge on any atom is 0.310 e. The first-order chi connectivity index (χ1) is 6.74. The summed E-state index contributed by atoms with van der Waals surface area (Å²) in [6, 6.07) is 1.75. The molecule has 0 saturated carbocycles. The van der Waals surface area contributed by atoms with Gasteiger partial charge in [-0.15, -0.1) is 0 Å². The van der Waals surface area contributed by atoms with E-state index in [9.17, 15) is 9.59 Å². The van der Waals surface area contributed by atoms with Crippen LogP contribution in [-0.4, -0.2) is 24.4 Å². The van der Waals surface area contributed by atoms with Crippen molar-refractivity contribution in [2.45, 2.75) is 18.9 Å². The average molecular weight is 193 g/mol. The minimum absolute atomic E-state index is 0.0235. The van der Waals surface area contributed by atoms with E-state index in [0.717, 1.165) is 12.8 Å². The van der Waals surface area contributed by atoms with Crippen LogP contribution >= 0.6 is 0 Å². The molecule has 0 atom stereocenters. The number of amides is 2. The molecule has 0 aromatic heterocycles. The Hall–Kier alpha value is -1.83. The van der Waals surface area contributed by atoms with E-state index < -0.39 is 11.8 Å². The summed E-state index contributed by atoms with van der Waals surface area (Å²) in [6.45, 7) is -0.144. The predicted molar refractivity (Wildman–Crippen MR) is 48.9 cm³/mol. The first-order valence-corrected chi connectivity index (χ1v) is 4.34. The van der Waals surface area contributed by atoms with E-state index in [1.54, 1.807) is 6.07 Å². The minimum atomic E-state index is -0.751. The number of hydrogen-bond acceptors (Lipinski definition) is 3. The summed E-state index contributed by atoms with van der Waals surface area (Å²) in [5, 5.41) is 12.9. The highest BCUT2D eigenvalue weighted by atomic mass is 16.2. The molecule has 0 unspecified atom stereocenters. The van der Waals surface area contributed by atoms with Gasteiger partial charge in [-0.05, 0) is 12.8 Å². The maximum atomic E-state index is 11.1. The number of nitriles is 1. The minimum Gasteiger partial charge on any atom is -0.344 e. The smallest absolute Gasteiger partial charge is 0.310 e. The van der Waals surface area contributed by atoms with Crippen LogP contribution in [0.2, 0.25) is 0 Å². The standard InChI is InChI=1S/C9H11N3O2/c10-5-6-11-8(13)9(14)12-7-3-1-2-4-7/h1-2,7H,3-4,6H2,(H,11,13)(H,12,14). The first-order valence-electron chi connectivity index (χ1n) is 4.34. The second-order valence-corrected chi connectivity index (χ2v) is 2.95. The second-order valence-electron chi connectivity index (χ2n) is 2.95. The molecule has 0 saturated heterocycles. The fraction of sp³-hybridized carbons (Fsp3) is 0.444. The molecule has 0 aromatic rings. The van der Waals surface area contributed by atoms with E-state index in [-0.39, 0.29) is 12.6 Å². The number of carbonyl (C=O) groups is 2. The van der Waals surface area contributed by atoms with Crippen LogP contribution in [0.3, 0.4) is 0 Å². The van der Waals surface area contributed by atoms with Crippen molar-refractivity contribution in [1.82, 2.24) is 10.6 Å². The van der Waals surface area contributed by atoms with Gasteiger partial charge in [-0.25, -0.2) is 0 Å². The molecule has 1 aliphatic rings. The van der Waals surface area contributed by atoms with Gasteiger partial charge in [-0.1, -0.05) is 12.2 Å². The summed E-state index contributed by atoms with van der Waals surface area (Å²) in [4.78, 5) is 22.1. The van der Waals surface area contributed by atoms with Gasteiger partial charge in [-0.2, -0.15) is 5.26 Å². The van der Waals surface area contributed by atoms with Gasteiger partial charge in [-0.3, -0.25) is 9.59 Å². The molecule has 0 radical (unpaired) electrons. The van der Waals surface area contributed by atoms with Gasteiger partial charge >= 0.3 is 11.8 Å². The van der Waals surface area contributed by atoms with Crippen molar-refractivity contribution in [2.24, 2.45) is 0 Å².